The Morgan fingerprint density at radius 2 is 1.14 bits per heavy atom. The molecule has 1 amide bonds. The molecule has 9 heteroatoms. The van der Waals surface area contributed by atoms with Crippen molar-refractivity contribution in [3.05, 3.63) is 90.5 Å². The van der Waals surface area contributed by atoms with E-state index in [1.807, 2.05) is 77.7 Å². The van der Waals surface area contributed by atoms with Gasteiger partial charge in [-0.2, -0.15) is 0 Å². The van der Waals surface area contributed by atoms with Crippen molar-refractivity contribution in [2.75, 3.05) is 59.5 Å². The number of rotatable bonds is 8. The van der Waals surface area contributed by atoms with Crippen LogP contribution in [0.5, 0.6) is 23.0 Å². The average molecular weight is 591 g/mol. The molecule has 5 aromatic rings. The Labute approximate surface area is 256 Å². The Balaban J connectivity index is 1.38. The van der Waals surface area contributed by atoms with Crippen LogP contribution in [0.3, 0.4) is 0 Å². The predicted octanol–water partition coefficient (Wildman–Crippen LogP) is 5.96. The molecule has 2 heterocycles. The first-order valence-corrected chi connectivity index (χ1v) is 14.4. The van der Waals surface area contributed by atoms with Gasteiger partial charge in [-0.15, -0.1) is 0 Å². The van der Waals surface area contributed by atoms with Crippen molar-refractivity contribution in [2.24, 2.45) is 0 Å². The number of nitrogens with zero attached hydrogens (tertiary/aromatic N) is 4. The summed E-state index contributed by atoms with van der Waals surface area (Å²) in [5.74, 6) is 2.36. The third kappa shape index (κ3) is 5.56. The van der Waals surface area contributed by atoms with Gasteiger partial charge in [0.25, 0.3) is 5.91 Å². The standard InChI is InChI=1S/C35H34N4O5/c1-41-29-14-11-23(21-31(29)43-3)33-34(24-12-15-30(42-2)32(22-24)44-4)37-28-20-25(10-13-27(28)36-33)35(40)39-18-16-38(17-19-39)26-8-6-5-7-9-26/h5-15,20-22H,16-19H2,1-4H3. The highest BCUT2D eigenvalue weighted by atomic mass is 16.5. The topological polar surface area (TPSA) is 86.3 Å². The summed E-state index contributed by atoms with van der Waals surface area (Å²) in [5.41, 5.74) is 5.92. The minimum atomic E-state index is -0.0157. The lowest BCUT2D eigenvalue weighted by Gasteiger charge is -2.36. The van der Waals surface area contributed by atoms with Gasteiger partial charge in [0.2, 0.25) is 0 Å². The number of amides is 1. The Bertz CT molecular complexity index is 1800. The Kier molecular flexibility index (Phi) is 8.18. The van der Waals surface area contributed by atoms with Crippen molar-refractivity contribution in [2.45, 2.75) is 0 Å². The highest BCUT2D eigenvalue weighted by Gasteiger charge is 2.24. The number of benzene rings is 4. The van der Waals surface area contributed by atoms with E-state index in [-0.39, 0.29) is 5.91 Å². The Morgan fingerprint density at radius 3 is 1.68 bits per heavy atom. The van der Waals surface area contributed by atoms with E-state index < -0.39 is 0 Å². The molecule has 1 aliphatic heterocycles. The molecule has 0 atom stereocenters. The van der Waals surface area contributed by atoms with Crippen molar-refractivity contribution >= 4 is 22.6 Å². The highest BCUT2D eigenvalue weighted by molar-refractivity contribution is 5.98. The molecule has 1 aromatic heterocycles. The van der Waals surface area contributed by atoms with Crippen LogP contribution in [-0.4, -0.2) is 75.4 Å². The summed E-state index contributed by atoms with van der Waals surface area (Å²) >= 11 is 0. The number of hydrogen-bond donors (Lipinski definition) is 0. The molecule has 6 rings (SSSR count). The van der Waals surface area contributed by atoms with E-state index in [1.54, 1.807) is 28.4 Å². The van der Waals surface area contributed by atoms with Crippen LogP contribution in [0, 0.1) is 0 Å². The summed E-state index contributed by atoms with van der Waals surface area (Å²) in [6, 6.07) is 27.1. The number of hydrogen-bond acceptors (Lipinski definition) is 8. The molecular weight excluding hydrogens is 556 g/mol. The van der Waals surface area contributed by atoms with Crippen molar-refractivity contribution in [1.29, 1.82) is 0 Å². The molecule has 9 nitrogen and oxygen atoms in total. The molecule has 1 aliphatic rings. The van der Waals surface area contributed by atoms with Gasteiger partial charge in [-0.3, -0.25) is 4.79 Å². The molecule has 1 fully saturated rings. The number of carbonyl (C=O) groups excluding carboxylic acids is 1. The van der Waals surface area contributed by atoms with Crippen LogP contribution in [0.4, 0.5) is 5.69 Å². The minimum Gasteiger partial charge on any atom is -0.493 e. The molecule has 4 aromatic carbocycles. The maximum Gasteiger partial charge on any atom is 0.254 e. The first-order chi connectivity index (χ1) is 21.5. The first kappa shape index (κ1) is 28.8. The van der Waals surface area contributed by atoms with E-state index >= 15 is 0 Å². The lowest BCUT2D eigenvalue weighted by Crippen LogP contribution is -2.48. The summed E-state index contributed by atoms with van der Waals surface area (Å²) in [6.45, 7) is 2.85. The molecule has 0 spiro atoms. The van der Waals surface area contributed by atoms with Crippen LogP contribution in [0.1, 0.15) is 10.4 Å². The summed E-state index contributed by atoms with van der Waals surface area (Å²) in [4.78, 5) is 28.0. The second-order valence-corrected chi connectivity index (χ2v) is 10.4. The maximum absolute atomic E-state index is 13.6. The molecule has 0 bridgehead atoms. The van der Waals surface area contributed by atoms with Crippen LogP contribution in [0.15, 0.2) is 84.9 Å². The van der Waals surface area contributed by atoms with E-state index in [1.165, 1.54) is 5.69 Å². The summed E-state index contributed by atoms with van der Waals surface area (Å²) < 4.78 is 22.1. The zero-order valence-corrected chi connectivity index (χ0v) is 25.2. The largest absolute Gasteiger partial charge is 0.493 e. The second kappa shape index (κ2) is 12.5. The average Bonchev–Trinajstić information content (AvgIpc) is 3.10. The summed E-state index contributed by atoms with van der Waals surface area (Å²) in [7, 11) is 6.40. The van der Waals surface area contributed by atoms with E-state index in [0.717, 1.165) is 24.2 Å². The van der Waals surface area contributed by atoms with E-state index in [4.69, 9.17) is 28.9 Å². The van der Waals surface area contributed by atoms with Crippen molar-refractivity contribution in [3.8, 4) is 45.5 Å². The van der Waals surface area contributed by atoms with Crippen LogP contribution >= 0.6 is 0 Å². The molecule has 0 aliphatic carbocycles. The normalized spacial score (nSPS) is 13.1. The van der Waals surface area contributed by atoms with Gasteiger partial charge in [-0.1, -0.05) is 18.2 Å². The maximum atomic E-state index is 13.6. The fourth-order valence-corrected chi connectivity index (χ4v) is 5.55. The number of piperazine rings is 1. The number of carbonyl (C=O) groups is 1. The van der Waals surface area contributed by atoms with Gasteiger partial charge in [0.05, 0.1) is 50.9 Å². The summed E-state index contributed by atoms with van der Waals surface area (Å²) in [6.07, 6.45) is 0. The number of methoxy groups -OCH3 is 4. The third-order valence-corrected chi connectivity index (χ3v) is 7.91. The minimum absolute atomic E-state index is 0.0157. The molecule has 0 N–H and O–H groups in total. The van der Waals surface area contributed by atoms with Gasteiger partial charge in [0.15, 0.2) is 23.0 Å². The Morgan fingerprint density at radius 1 is 0.591 bits per heavy atom. The zero-order valence-electron chi connectivity index (χ0n) is 25.2. The van der Waals surface area contributed by atoms with Gasteiger partial charge in [-0.25, -0.2) is 9.97 Å². The monoisotopic (exact) mass is 590 g/mol. The van der Waals surface area contributed by atoms with E-state index in [0.29, 0.717) is 64.1 Å². The SMILES string of the molecule is COc1ccc(-c2nc3ccc(C(=O)N4CCN(c5ccccc5)CC4)cc3nc2-c2ccc(OC)c(OC)c2)cc1OC. The lowest BCUT2D eigenvalue weighted by atomic mass is 10.0. The molecule has 0 saturated carbocycles. The highest BCUT2D eigenvalue weighted by Crippen LogP contribution is 2.39. The smallest absolute Gasteiger partial charge is 0.254 e. The molecule has 44 heavy (non-hydrogen) atoms. The fraction of sp³-hybridized carbons (Fsp3) is 0.229. The number of ether oxygens (including phenoxy) is 4. The van der Waals surface area contributed by atoms with E-state index in [9.17, 15) is 4.79 Å². The van der Waals surface area contributed by atoms with E-state index in [2.05, 4.69) is 17.0 Å². The number of anilines is 1. The zero-order chi connectivity index (χ0) is 30.6. The fourth-order valence-electron chi connectivity index (χ4n) is 5.55. The number of aromatic nitrogens is 2. The molecular formula is C35H34N4O5. The quantitative estimate of drug-likeness (QED) is 0.219. The second-order valence-electron chi connectivity index (χ2n) is 10.4. The van der Waals surface area contributed by atoms with Gasteiger partial charge < -0.3 is 28.7 Å². The van der Waals surface area contributed by atoms with Crippen LogP contribution in [-0.2, 0) is 0 Å². The van der Waals surface area contributed by atoms with Crippen molar-refractivity contribution in [3.63, 3.8) is 0 Å². The van der Waals surface area contributed by atoms with Crippen LogP contribution < -0.4 is 23.8 Å². The molecule has 0 radical (unpaired) electrons. The molecule has 0 unspecified atom stereocenters. The van der Waals surface area contributed by atoms with Crippen molar-refractivity contribution in [1.82, 2.24) is 14.9 Å². The van der Waals surface area contributed by atoms with Gasteiger partial charge in [0.1, 0.15) is 0 Å². The Hall–Kier alpha value is -5.31. The third-order valence-electron chi connectivity index (χ3n) is 7.91. The predicted molar refractivity (Wildman–Crippen MR) is 171 cm³/mol. The number of para-hydroxylation sites is 1. The van der Waals surface area contributed by atoms with Crippen LogP contribution in [0.25, 0.3) is 33.5 Å². The summed E-state index contributed by atoms with van der Waals surface area (Å²) in [5, 5.41) is 0. The van der Waals surface area contributed by atoms with Gasteiger partial charge in [-0.05, 0) is 66.7 Å². The van der Waals surface area contributed by atoms with Gasteiger partial charge >= 0.3 is 0 Å². The van der Waals surface area contributed by atoms with Crippen LogP contribution in [0.2, 0.25) is 0 Å². The molecule has 1 saturated heterocycles. The lowest BCUT2D eigenvalue weighted by molar-refractivity contribution is 0.0747. The number of fused-ring (bicyclic) bond motifs is 1. The first-order valence-electron chi connectivity index (χ1n) is 14.4. The van der Waals surface area contributed by atoms with Gasteiger partial charge in [0, 0.05) is 48.6 Å². The van der Waals surface area contributed by atoms with Crippen molar-refractivity contribution < 1.29 is 23.7 Å². The molecule has 224 valence electrons.